The molecule has 0 aliphatic heterocycles. The van der Waals surface area contributed by atoms with Crippen LogP contribution in [0.15, 0.2) is 84.9 Å². The third-order valence-electron chi connectivity index (χ3n) is 5.99. The van der Waals surface area contributed by atoms with Crippen LogP contribution in [0.1, 0.15) is 33.4 Å². The molecule has 0 heterocycles. The molecular formula is C32H26Cl2NiO2S4-4. The first-order chi connectivity index (χ1) is 19.1. The van der Waals surface area contributed by atoms with E-state index in [1.165, 1.54) is 0 Å². The zero-order valence-corrected chi connectivity index (χ0v) is 28.4. The van der Waals surface area contributed by atoms with Crippen LogP contribution < -0.4 is 9.47 Å². The van der Waals surface area contributed by atoms with Crippen molar-refractivity contribution in [1.82, 2.24) is 0 Å². The third kappa shape index (κ3) is 8.95. The summed E-state index contributed by atoms with van der Waals surface area (Å²) in [4.78, 5) is 2.37. The van der Waals surface area contributed by atoms with E-state index in [-0.39, 0.29) is 16.5 Å². The summed E-state index contributed by atoms with van der Waals surface area (Å²) in [6, 6.07) is 26.5. The molecule has 41 heavy (non-hydrogen) atoms. The molecule has 0 aliphatic rings. The van der Waals surface area contributed by atoms with Crippen LogP contribution in [0.2, 0.25) is 10.0 Å². The number of hydrogen-bond donors (Lipinski definition) is 0. The quantitative estimate of drug-likeness (QED) is 0.113. The summed E-state index contributed by atoms with van der Waals surface area (Å²) in [6.45, 7) is 3.97. The minimum atomic E-state index is 0. The molecule has 218 valence electrons. The van der Waals surface area contributed by atoms with Crippen LogP contribution in [-0.4, -0.2) is 14.2 Å². The number of aryl methyl sites for hydroxylation is 2. The van der Waals surface area contributed by atoms with Gasteiger partial charge in [0.1, 0.15) is 11.5 Å². The van der Waals surface area contributed by atoms with Gasteiger partial charge in [0.2, 0.25) is 0 Å². The Labute approximate surface area is 285 Å². The molecule has 0 bridgehead atoms. The molecule has 0 atom stereocenters. The molecule has 2 nitrogen and oxygen atoms in total. The molecule has 0 aromatic heterocycles. The Balaban J connectivity index is 0.000000280. The van der Waals surface area contributed by atoms with E-state index >= 15 is 0 Å². The van der Waals surface area contributed by atoms with Crippen LogP contribution >= 0.6 is 23.2 Å². The van der Waals surface area contributed by atoms with E-state index in [1.807, 2.05) is 98.8 Å². The van der Waals surface area contributed by atoms with Gasteiger partial charge in [-0.15, -0.1) is 0 Å². The zero-order chi connectivity index (χ0) is 29.4. The second kappa shape index (κ2) is 16.5. The maximum Gasteiger partial charge on any atom is 0.122 e. The molecule has 0 spiro atoms. The van der Waals surface area contributed by atoms with Crippen molar-refractivity contribution < 1.29 is 26.0 Å². The molecule has 0 fully saturated rings. The molecule has 4 rings (SSSR count). The summed E-state index contributed by atoms with van der Waals surface area (Å²) < 4.78 is 10.6. The molecular weight excluding hydrogens is 674 g/mol. The van der Waals surface area contributed by atoms with Gasteiger partial charge in [-0.2, -0.15) is 19.6 Å². The van der Waals surface area contributed by atoms with Gasteiger partial charge in [-0.1, -0.05) is 83.9 Å². The molecule has 0 unspecified atom stereocenters. The fraction of sp³-hybridized carbons (Fsp3) is 0.125. The van der Waals surface area contributed by atoms with Crippen LogP contribution in [0.4, 0.5) is 0 Å². The number of hydrogen-bond acceptors (Lipinski definition) is 6. The first-order valence-corrected chi connectivity index (χ1v) is 14.4. The van der Waals surface area contributed by atoms with E-state index in [0.717, 1.165) is 44.9 Å². The standard InChI is InChI=1S/2C16H15ClOS2.Ni/c2*1-10-7-8-11(9-14(10)18-2)15(19)16(20)12-5-3-4-6-13(12)17;/h2*3-9,19-20H,1-2H3;/p-4/b2*16-15-;. The molecule has 0 radical (unpaired) electrons. The van der Waals surface area contributed by atoms with Crippen LogP contribution in [0.3, 0.4) is 0 Å². The van der Waals surface area contributed by atoms with E-state index in [1.54, 1.807) is 14.2 Å². The van der Waals surface area contributed by atoms with Gasteiger partial charge in [0.05, 0.1) is 14.2 Å². The van der Waals surface area contributed by atoms with Gasteiger partial charge in [0.25, 0.3) is 0 Å². The first kappa shape index (κ1) is 35.1. The van der Waals surface area contributed by atoms with Gasteiger partial charge >= 0.3 is 0 Å². The predicted octanol–water partition coefficient (Wildman–Crippen LogP) is 9.15. The summed E-state index contributed by atoms with van der Waals surface area (Å²) in [7, 11) is 3.28. The van der Waals surface area contributed by atoms with E-state index < -0.39 is 0 Å². The first-order valence-electron chi connectivity index (χ1n) is 12.0. The maximum atomic E-state index is 6.16. The van der Waals surface area contributed by atoms with Gasteiger partial charge in [-0.25, -0.2) is 0 Å². The molecule has 0 saturated carbocycles. The topological polar surface area (TPSA) is 18.5 Å². The van der Waals surface area contributed by atoms with Crippen LogP contribution in [0.25, 0.3) is 19.6 Å². The van der Waals surface area contributed by atoms with Crippen molar-refractivity contribution in [2.24, 2.45) is 0 Å². The Morgan fingerprint density at radius 2 is 0.878 bits per heavy atom. The Morgan fingerprint density at radius 3 is 1.20 bits per heavy atom. The summed E-state index contributed by atoms with van der Waals surface area (Å²) in [5.74, 6) is 1.60. The minimum absolute atomic E-state index is 0. The van der Waals surface area contributed by atoms with E-state index in [4.69, 9.17) is 83.2 Å². The number of rotatable bonds is 6. The normalized spacial score (nSPS) is 11.7. The molecule has 0 aliphatic carbocycles. The van der Waals surface area contributed by atoms with E-state index in [2.05, 4.69) is 0 Å². The second-order valence-corrected chi connectivity index (χ2v) is 11.1. The van der Waals surface area contributed by atoms with Crippen molar-refractivity contribution in [2.75, 3.05) is 14.2 Å². The summed E-state index contributed by atoms with van der Waals surface area (Å²) in [5.41, 5.74) is 5.42. The average Bonchev–Trinajstić information content (AvgIpc) is 2.97. The van der Waals surface area contributed by atoms with E-state index in [0.29, 0.717) is 29.7 Å². The Bertz CT molecular complexity index is 1450. The van der Waals surface area contributed by atoms with Gasteiger partial charge in [0, 0.05) is 26.5 Å². The SMILES string of the molecule is COc1cc(/C([S-])=C(/[S-])c2ccccc2Cl)ccc1C.COc1cc(/C([S-])=C(/[S-])c2ccccc2Cl)ccc1C.[Ni]. The van der Waals surface area contributed by atoms with Crippen molar-refractivity contribution in [2.45, 2.75) is 13.8 Å². The summed E-state index contributed by atoms with van der Waals surface area (Å²) >= 11 is 34.2. The molecule has 0 amide bonds. The monoisotopic (exact) mass is 698 g/mol. The zero-order valence-electron chi connectivity index (χ0n) is 22.6. The maximum absolute atomic E-state index is 6.16. The van der Waals surface area contributed by atoms with Crippen LogP contribution in [0, 0.1) is 13.8 Å². The van der Waals surface area contributed by atoms with Crippen molar-refractivity contribution >= 4 is 93.3 Å². The van der Waals surface area contributed by atoms with Crippen LogP contribution in [0.5, 0.6) is 11.5 Å². The largest absolute Gasteiger partial charge is 0.780 e. The molecule has 4 aromatic rings. The average molecular weight is 700 g/mol. The van der Waals surface area contributed by atoms with Crippen molar-refractivity contribution in [3.05, 3.63) is 128 Å². The smallest absolute Gasteiger partial charge is 0.122 e. The van der Waals surface area contributed by atoms with Crippen LogP contribution in [-0.2, 0) is 67.0 Å². The van der Waals surface area contributed by atoms with Gasteiger partial charge < -0.3 is 60.0 Å². The Kier molecular flexibility index (Phi) is 14.2. The van der Waals surface area contributed by atoms with Gasteiger partial charge in [0.15, 0.2) is 0 Å². The number of halogens is 2. The predicted molar refractivity (Wildman–Crippen MR) is 181 cm³/mol. The Hall–Kier alpha value is -2.09. The minimum Gasteiger partial charge on any atom is -0.780 e. The van der Waals surface area contributed by atoms with Crippen molar-refractivity contribution in [3.8, 4) is 11.5 Å². The number of benzene rings is 4. The number of ether oxygens (including phenoxy) is 2. The molecule has 0 saturated heterocycles. The summed E-state index contributed by atoms with van der Waals surface area (Å²) in [6.07, 6.45) is 0. The third-order valence-corrected chi connectivity index (χ3v) is 8.64. The van der Waals surface area contributed by atoms with Crippen molar-refractivity contribution in [1.29, 1.82) is 0 Å². The van der Waals surface area contributed by atoms with Gasteiger partial charge in [-0.05, 0) is 71.5 Å². The molecule has 4 aromatic carbocycles. The fourth-order valence-electron chi connectivity index (χ4n) is 3.72. The van der Waals surface area contributed by atoms with E-state index in [9.17, 15) is 0 Å². The molecule has 9 heteroatoms. The Morgan fingerprint density at radius 1 is 0.537 bits per heavy atom. The molecule has 0 N–H and O–H groups in total. The second-order valence-electron chi connectivity index (χ2n) is 8.64. The van der Waals surface area contributed by atoms with Gasteiger partial charge in [-0.3, -0.25) is 0 Å². The number of methoxy groups -OCH3 is 2. The summed E-state index contributed by atoms with van der Waals surface area (Å²) in [5, 5.41) is 1.22. The fourth-order valence-corrected chi connectivity index (χ4v) is 5.36. The van der Waals surface area contributed by atoms with Crippen molar-refractivity contribution in [3.63, 3.8) is 0 Å².